The Hall–Kier alpha value is -3.16. The van der Waals surface area contributed by atoms with Gasteiger partial charge in [0.25, 0.3) is 5.56 Å². The molecule has 8 heteroatoms. The van der Waals surface area contributed by atoms with Crippen molar-refractivity contribution >= 4 is 39.1 Å². The number of halogens is 1. The fourth-order valence-electron chi connectivity index (χ4n) is 4.60. The van der Waals surface area contributed by atoms with Crippen LogP contribution < -0.4 is 11.2 Å². The number of rotatable bonds is 3. The number of aromatic nitrogens is 2. The summed E-state index contributed by atoms with van der Waals surface area (Å²) < 4.78 is 2.88. The molecule has 34 heavy (non-hydrogen) atoms. The van der Waals surface area contributed by atoms with E-state index in [1.54, 1.807) is 40.7 Å². The van der Waals surface area contributed by atoms with Gasteiger partial charge in [-0.3, -0.25) is 14.2 Å². The Bertz CT molecular complexity index is 1580. The van der Waals surface area contributed by atoms with Gasteiger partial charge in [0.05, 0.1) is 29.2 Å². The van der Waals surface area contributed by atoms with Gasteiger partial charge in [0.1, 0.15) is 4.83 Å². The molecule has 0 saturated heterocycles. The summed E-state index contributed by atoms with van der Waals surface area (Å²) in [6.07, 6.45) is 0.578. The van der Waals surface area contributed by atoms with Gasteiger partial charge in [-0.15, -0.1) is 11.3 Å². The zero-order chi connectivity index (χ0) is 24.1. The minimum atomic E-state index is -0.423. The first-order valence-electron chi connectivity index (χ1n) is 11.1. The lowest BCUT2D eigenvalue weighted by atomic mass is 10.0. The van der Waals surface area contributed by atoms with Crippen LogP contribution in [0, 0.1) is 13.8 Å². The number of thiophene rings is 1. The number of carbonyl (C=O) groups is 1. The van der Waals surface area contributed by atoms with Gasteiger partial charge in [-0.1, -0.05) is 47.5 Å². The van der Waals surface area contributed by atoms with Crippen molar-refractivity contribution in [3.8, 4) is 5.69 Å². The fourth-order valence-corrected chi connectivity index (χ4v) is 6.17. The molecule has 1 aliphatic rings. The summed E-state index contributed by atoms with van der Waals surface area (Å²) in [5.41, 5.74) is 3.71. The number of nitrogens with zero attached hydrogens (tertiary/aromatic N) is 3. The number of para-hydroxylation sites is 1. The summed E-state index contributed by atoms with van der Waals surface area (Å²) in [7, 11) is 0. The van der Waals surface area contributed by atoms with Crippen LogP contribution in [-0.4, -0.2) is 26.5 Å². The zero-order valence-corrected chi connectivity index (χ0v) is 20.8. The van der Waals surface area contributed by atoms with Gasteiger partial charge < -0.3 is 4.90 Å². The number of aryl methyl sites for hydroxylation is 2. The maximum absolute atomic E-state index is 13.9. The van der Waals surface area contributed by atoms with Crippen LogP contribution in [0.1, 0.15) is 34.1 Å². The summed E-state index contributed by atoms with van der Waals surface area (Å²) in [4.78, 5) is 43.0. The summed E-state index contributed by atoms with van der Waals surface area (Å²) in [5.74, 6) is 0.00404. The molecule has 0 unspecified atom stereocenters. The zero-order valence-electron chi connectivity index (χ0n) is 19.2. The first-order valence-corrected chi connectivity index (χ1v) is 12.3. The van der Waals surface area contributed by atoms with Gasteiger partial charge in [0, 0.05) is 18.3 Å². The highest BCUT2D eigenvalue weighted by molar-refractivity contribution is 7.18. The summed E-state index contributed by atoms with van der Waals surface area (Å²) in [6.45, 7) is 6.93. The van der Waals surface area contributed by atoms with Crippen molar-refractivity contribution in [2.24, 2.45) is 0 Å². The van der Waals surface area contributed by atoms with Gasteiger partial charge in [-0.25, -0.2) is 9.36 Å². The molecule has 2 aromatic carbocycles. The van der Waals surface area contributed by atoms with E-state index in [9.17, 15) is 14.4 Å². The van der Waals surface area contributed by atoms with Crippen molar-refractivity contribution in [3.05, 3.63) is 95.5 Å². The van der Waals surface area contributed by atoms with Gasteiger partial charge >= 0.3 is 5.69 Å². The van der Waals surface area contributed by atoms with Gasteiger partial charge in [0.2, 0.25) is 5.91 Å². The van der Waals surface area contributed by atoms with Crippen LogP contribution in [0.15, 0.2) is 52.1 Å². The van der Waals surface area contributed by atoms with E-state index in [-0.39, 0.29) is 11.5 Å². The largest absolute Gasteiger partial charge is 0.337 e. The highest BCUT2D eigenvalue weighted by Gasteiger charge is 2.28. The topological polar surface area (TPSA) is 64.3 Å². The molecular weight excluding hydrogens is 470 g/mol. The molecule has 0 saturated carbocycles. The second-order valence-electron chi connectivity index (χ2n) is 8.77. The average Bonchev–Trinajstić information content (AvgIpc) is 3.19. The highest BCUT2D eigenvalue weighted by atomic mass is 35.5. The molecule has 1 amide bonds. The smallest absolute Gasteiger partial charge is 0.337 e. The Morgan fingerprint density at radius 2 is 1.88 bits per heavy atom. The number of hydrogen-bond acceptors (Lipinski definition) is 4. The molecular formula is C26H24ClN3O3S. The second kappa shape index (κ2) is 8.56. The minimum Gasteiger partial charge on any atom is -0.337 e. The summed E-state index contributed by atoms with van der Waals surface area (Å²) >= 11 is 7.87. The molecule has 5 rings (SSSR count). The Balaban J connectivity index is 1.83. The van der Waals surface area contributed by atoms with E-state index >= 15 is 0 Å². The number of fused-ring (bicyclic) bond motifs is 3. The molecule has 0 aliphatic carbocycles. The molecule has 0 spiro atoms. The lowest BCUT2D eigenvalue weighted by Crippen LogP contribution is -2.39. The summed E-state index contributed by atoms with van der Waals surface area (Å²) in [6, 6.07) is 13.1. The van der Waals surface area contributed by atoms with Crippen LogP contribution in [0.4, 0.5) is 0 Å². The molecule has 0 N–H and O–H groups in total. The van der Waals surface area contributed by atoms with E-state index in [0.29, 0.717) is 47.0 Å². The number of hydrogen-bond donors (Lipinski definition) is 0. The van der Waals surface area contributed by atoms with Crippen LogP contribution in [0.25, 0.3) is 15.9 Å². The molecule has 0 atom stereocenters. The number of amides is 1. The molecule has 174 valence electrons. The fraction of sp³-hybridized carbons (Fsp3) is 0.269. The minimum absolute atomic E-state index is 0.00404. The van der Waals surface area contributed by atoms with E-state index in [0.717, 1.165) is 27.1 Å². The maximum Gasteiger partial charge on any atom is 0.337 e. The quantitative estimate of drug-likeness (QED) is 0.424. The van der Waals surface area contributed by atoms with E-state index in [4.69, 9.17) is 11.6 Å². The molecule has 0 radical (unpaired) electrons. The molecule has 0 bridgehead atoms. The molecule has 6 nitrogen and oxygen atoms in total. The van der Waals surface area contributed by atoms with E-state index < -0.39 is 5.69 Å². The first-order chi connectivity index (χ1) is 16.3. The van der Waals surface area contributed by atoms with Crippen molar-refractivity contribution in [1.82, 2.24) is 14.0 Å². The number of carbonyl (C=O) groups excluding carboxylic acids is 1. The normalized spacial score (nSPS) is 13.4. The number of benzene rings is 2. The maximum atomic E-state index is 13.9. The molecule has 4 aromatic rings. The van der Waals surface area contributed by atoms with Crippen molar-refractivity contribution < 1.29 is 4.79 Å². The van der Waals surface area contributed by atoms with E-state index in [2.05, 4.69) is 6.07 Å². The third kappa shape index (κ3) is 3.69. The molecule has 0 fully saturated rings. The van der Waals surface area contributed by atoms with Crippen molar-refractivity contribution in [2.45, 2.75) is 40.3 Å². The average molecular weight is 494 g/mol. The lowest BCUT2D eigenvalue weighted by Gasteiger charge is -2.25. The third-order valence-corrected chi connectivity index (χ3v) is 8.05. The predicted molar refractivity (Wildman–Crippen MR) is 137 cm³/mol. The molecule has 1 aliphatic heterocycles. The second-order valence-corrected chi connectivity index (χ2v) is 10.3. The molecule has 2 aromatic heterocycles. The lowest BCUT2D eigenvalue weighted by molar-refractivity contribution is -0.129. The van der Waals surface area contributed by atoms with Crippen LogP contribution >= 0.6 is 22.9 Å². The highest BCUT2D eigenvalue weighted by Crippen LogP contribution is 2.34. The monoisotopic (exact) mass is 493 g/mol. The van der Waals surface area contributed by atoms with E-state index in [1.165, 1.54) is 15.9 Å². The standard InChI is InChI=1S/C26H24ClN3O3S/c1-15-8-9-16(2)18(12-15)13-29-25-23(19-10-11-28(17(3)31)14-22(19)34-25)24(32)30(26(29)33)21-7-5-4-6-20(21)27/h4-9,12H,10-11,13-14H2,1-3H3. The SMILES string of the molecule is CC(=O)N1CCc2c(sc3c2c(=O)n(-c2ccccc2Cl)c(=O)n3Cc2cc(C)ccc2C)C1. The first kappa shape index (κ1) is 22.6. The van der Waals surface area contributed by atoms with Crippen LogP contribution in [0.5, 0.6) is 0 Å². The van der Waals surface area contributed by atoms with E-state index in [1.807, 2.05) is 26.0 Å². The van der Waals surface area contributed by atoms with Crippen molar-refractivity contribution in [1.29, 1.82) is 0 Å². The predicted octanol–water partition coefficient (Wildman–Crippen LogP) is 4.44. The van der Waals surface area contributed by atoms with Gasteiger partial charge in [0.15, 0.2) is 0 Å². The van der Waals surface area contributed by atoms with Gasteiger partial charge in [-0.2, -0.15) is 0 Å². The van der Waals surface area contributed by atoms with Crippen molar-refractivity contribution in [2.75, 3.05) is 6.54 Å². The summed E-state index contributed by atoms with van der Waals surface area (Å²) in [5, 5.41) is 0.888. The van der Waals surface area contributed by atoms with Crippen LogP contribution in [0.3, 0.4) is 0 Å². The van der Waals surface area contributed by atoms with Crippen LogP contribution in [0.2, 0.25) is 5.02 Å². The van der Waals surface area contributed by atoms with Gasteiger partial charge in [-0.05, 0) is 49.1 Å². The Morgan fingerprint density at radius 3 is 2.62 bits per heavy atom. The molecule has 3 heterocycles. The van der Waals surface area contributed by atoms with Crippen molar-refractivity contribution in [3.63, 3.8) is 0 Å². The third-order valence-electron chi connectivity index (χ3n) is 6.49. The Kier molecular flexibility index (Phi) is 5.70. The Morgan fingerprint density at radius 1 is 1.12 bits per heavy atom. The van der Waals surface area contributed by atoms with Crippen LogP contribution in [-0.2, 0) is 24.3 Å². The Labute approximate surface area is 205 Å².